The number of aryl methyl sites for hydroxylation is 1. The minimum absolute atomic E-state index is 0.0658. The van der Waals surface area contributed by atoms with Crippen molar-refractivity contribution in [2.24, 2.45) is 0 Å². The zero-order valence-corrected chi connectivity index (χ0v) is 11.6. The van der Waals surface area contributed by atoms with E-state index in [1.54, 1.807) is 6.92 Å². The fourth-order valence-electron chi connectivity index (χ4n) is 2.25. The van der Waals surface area contributed by atoms with E-state index in [-0.39, 0.29) is 10.5 Å². The molecule has 6 heteroatoms. The van der Waals surface area contributed by atoms with Gasteiger partial charge in [-0.2, -0.15) is 4.31 Å². The molecule has 2 rings (SSSR count). The lowest BCUT2D eigenvalue weighted by atomic mass is 10.1. The maximum Gasteiger partial charge on any atom is 0.243 e. The molecular weight excluding hydrogens is 266 g/mol. The second-order valence-electron chi connectivity index (χ2n) is 4.73. The van der Waals surface area contributed by atoms with Gasteiger partial charge in [0.2, 0.25) is 10.0 Å². The summed E-state index contributed by atoms with van der Waals surface area (Å²) in [6, 6.07) is 4.05. The number of carbonyl (C=O) groups is 1. The Hall–Kier alpha value is -1.40. The lowest BCUT2D eigenvalue weighted by Gasteiger charge is -2.26. The van der Waals surface area contributed by atoms with Gasteiger partial charge in [0.15, 0.2) is 0 Å². The lowest BCUT2D eigenvalue weighted by Crippen LogP contribution is -2.36. The number of carboxylic acids is 1. The van der Waals surface area contributed by atoms with Crippen LogP contribution in [-0.4, -0.2) is 31.8 Å². The van der Waals surface area contributed by atoms with Crippen LogP contribution in [0.2, 0.25) is 0 Å². The first-order chi connectivity index (χ1) is 8.93. The maximum atomic E-state index is 12.5. The van der Waals surface area contributed by atoms with Crippen molar-refractivity contribution in [3.63, 3.8) is 0 Å². The van der Waals surface area contributed by atoms with Crippen LogP contribution in [0.25, 0.3) is 0 Å². The van der Waals surface area contributed by atoms with E-state index >= 15 is 0 Å². The minimum Gasteiger partial charge on any atom is -0.545 e. The Balaban J connectivity index is 2.44. The van der Waals surface area contributed by atoms with Crippen LogP contribution in [-0.2, 0) is 10.0 Å². The molecule has 5 nitrogen and oxygen atoms in total. The van der Waals surface area contributed by atoms with E-state index in [4.69, 9.17) is 0 Å². The predicted molar refractivity (Wildman–Crippen MR) is 68.1 cm³/mol. The second-order valence-corrected chi connectivity index (χ2v) is 6.64. The van der Waals surface area contributed by atoms with E-state index in [1.165, 1.54) is 22.5 Å². The van der Waals surface area contributed by atoms with Crippen LogP contribution >= 0.6 is 0 Å². The third-order valence-electron chi connectivity index (χ3n) is 3.36. The molecule has 0 aliphatic carbocycles. The number of carbonyl (C=O) groups excluding carboxylic acids is 1. The number of piperidine rings is 1. The van der Waals surface area contributed by atoms with Gasteiger partial charge in [0, 0.05) is 13.1 Å². The first kappa shape index (κ1) is 14.0. The van der Waals surface area contributed by atoms with Gasteiger partial charge in [0.1, 0.15) is 0 Å². The van der Waals surface area contributed by atoms with Gasteiger partial charge in [-0.1, -0.05) is 18.6 Å². The number of hydrogen-bond acceptors (Lipinski definition) is 4. The van der Waals surface area contributed by atoms with Gasteiger partial charge in [-0.3, -0.25) is 0 Å². The van der Waals surface area contributed by atoms with E-state index in [1.807, 2.05) is 0 Å². The zero-order valence-electron chi connectivity index (χ0n) is 10.8. The van der Waals surface area contributed by atoms with Crippen molar-refractivity contribution in [1.29, 1.82) is 0 Å². The van der Waals surface area contributed by atoms with Crippen LogP contribution < -0.4 is 5.11 Å². The van der Waals surface area contributed by atoms with Crippen LogP contribution in [0.3, 0.4) is 0 Å². The lowest BCUT2D eigenvalue weighted by molar-refractivity contribution is -0.255. The first-order valence-corrected chi connectivity index (χ1v) is 7.69. The summed E-state index contributed by atoms with van der Waals surface area (Å²) in [5.74, 6) is -1.37. The summed E-state index contributed by atoms with van der Waals surface area (Å²) in [6.45, 7) is 2.66. The van der Waals surface area contributed by atoms with Crippen molar-refractivity contribution in [3.05, 3.63) is 29.3 Å². The highest BCUT2D eigenvalue weighted by Crippen LogP contribution is 2.24. The molecule has 1 heterocycles. The molecule has 0 radical (unpaired) electrons. The SMILES string of the molecule is Cc1ccc(C(=O)[O-])cc1S(=O)(=O)N1CCCCC1. The molecule has 104 valence electrons. The molecular formula is C13H16NO4S-. The predicted octanol–water partition coefficient (Wildman–Crippen LogP) is 0.533. The van der Waals surface area contributed by atoms with E-state index in [2.05, 4.69) is 0 Å². The highest BCUT2D eigenvalue weighted by atomic mass is 32.2. The smallest absolute Gasteiger partial charge is 0.243 e. The Morgan fingerprint density at radius 1 is 1.21 bits per heavy atom. The van der Waals surface area contributed by atoms with Crippen LogP contribution in [0.5, 0.6) is 0 Å². The largest absolute Gasteiger partial charge is 0.545 e. The van der Waals surface area contributed by atoms with Gasteiger partial charge in [-0.05, 0) is 37.0 Å². The summed E-state index contributed by atoms with van der Waals surface area (Å²) in [7, 11) is -3.61. The van der Waals surface area contributed by atoms with Gasteiger partial charge in [0.05, 0.1) is 10.9 Å². The van der Waals surface area contributed by atoms with Crippen LogP contribution in [0.1, 0.15) is 35.2 Å². The fourth-order valence-corrected chi connectivity index (χ4v) is 4.02. The van der Waals surface area contributed by atoms with Crippen LogP contribution in [0.4, 0.5) is 0 Å². The molecule has 0 N–H and O–H groups in total. The van der Waals surface area contributed by atoms with E-state index in [0.717, 1.165) is 19.3 Å². The third kappa shape index (κ3) is 2.79. The Kier molecular flexibility index (Phi) is 3.91. The monoisotopic (exact) mass is 282 g/mol. The first-order valence-electron chi connectivity index (χ1n) is 6.25. The molecule has 1 saturated heterocycles. The summed E-state index contributed by atoms with van der Waals surface area (Å²) in [5, 5.41) is 10.8. The Bertz CT molecular complexity index is 589. The third-order valence-corrected chi connectivity index (χ3v) is 5.40. The molecule has 0 atom stereocenters. The molecule has 1 aromatic carbocycles. The maximum absolute atomic E-state index is 12.5. The van der Waals surface area contributed by atoms with Crippen molar-refractivity contribution in [2.75, 3.05) is 13.1 Å². The highest BCUT2D eigenvalue weighted by Gasteiger charge is 2.27. The fraction of sp³-hybridized carbons (Fsp3) is 0.462. The molecule has 0 bridgehead atoms. The van der Waals surface area contributed by atoms with Crippen molar-refractivity contribution in [2.45, 2.75) is 31.1 Å². The summed E-state index contributed by atoms with van der Waals surface area (Å²) >= 11 is 0. The molecule has 19 heavy (non-hydrogen) atoms. The normalized spacial score (nSPS) is 17.3. The summed E-state index contributed by atoms with van der Waals surface area (Å²) < 4.78 is 26.4. The van der Waals surface area contributed by atoms with Crippen LogP contribution in [0, 0.1) is 6.92 Å². The van der Waals surface area contributed by atoms with Gasteiger partial charge >= 0.3 is 0 Å². The summed E-state index contributed by atoms with van der Waals surface area (Å²) in [4.78, 5) is 10.9. The molecule has 0 unspecified atom stereocenters. The number of rotatable bonds is 3. The quantitative estimate of drug-likeness (QED) is 0.810. The van der Waals surface area contributed by atoms with Crippen LogP contribution in [0.15, 0.2) is 23.1 Å². The average molecular weight is 282 g/mol. The molecule has 0 saturated carbocycles. The zero-order chi connectivity index (χ0) is 14.0. The van der Waals surface area contributed by atoms with Crippen molar-refractivity contribution in [1.82, 2.24) is 4.31 Å². The Morgan fingerprint density at radius 2 is 1.84 bits per heavy atom. The van der Waals surface area contributed by atoms with Gasteiger partial charge in [-0.25, -0.2) is 8.42 Å². The number of carboxylic acid groups (broad SMARTS) is 1. The molecule has 0 amide bonds. The highest BCUT2D eigenvalue weighted by molar-refractivity contribution is 7.89. The standard InChI is InChI=1S/C13H17NO4S/c1-10-5-6-11(13(15)16)9-12(10)19(17,18)14-7-3-2-4-8-14/h5-6,9H,2-4,7-8H2,1H3,(H,15,16)/p-1. The number of benzene rings is 1. The van der Waals surface area contributed by atoms with Gasteiger partial charge < -0.3 is 9.90 Å². The van der Waals surface area contributed by atoms with Crippen molar-refractivity contribution in [3.8, 4) is 0 Å². The van der Waals surface area contributed by atoms with Gasteiger partial charge in [0.25, 0.3) is 0 Å². The Labute approximate surface area is 112 Å². The summed E-state index contributed by atoms with van der Waals surface area (Å²) in [5.41, 5.74) is 0.441. The number of sulfonamides is 1. The molecule has 1 aromatic rings. The number of aromatic carboxylic acids is 1. The molecule has 0 spiro atoms. The second kappa shape index (κ2) is 5.30. The Morgan fingerprint density at radius 3 is 2.42 bits per heavy atom. The molecule has 1 aliphatic heterocycles. The average Bonchev–Trinajstić information content (AvgIpc) is 2.39. The number of nitrogens with zero attached hydrogens (tertiary/aromatic N) is 1. The minimum atomic E-state index is -3.61. The van der Waals surface area contributed by atoms with E-state index in [0.29, 0.717) is 18.7 Å². The number of hydrogen-bond donors (Lipinski definition) is 0. The topological polar surface area (TPSA) is 77.5 Å². The summed E-state index contributed by atoms with van der Waals surface area (Å²) in [6.07, 6.45) is 2.72. The molecule has 1 aliphatic rings. The van der Waals surface area contributed by atoms with Crippen molar-refractivity contribution >= 4 is 16.0 Å². The van der Waals surface area contributed by atoms with E-state index in [9.17, 15) is 18.3 Å². The van der Waals surface area contributed by atoms with Gasteiger partial charge in [-0.15, -0.1) is 0 Å². The molecule has 0 aromatic heterocycles. The van der Waals surface area contributed by atoms with Crippen molar-refractivity contribution < 1.29 is 18.3 Å². The molecule has 1 fully saturated rings. The van der Waals surface area contributed by atoms with E-state index < -0.39 is 16.0 Å².